The van der Waals surface area contributed by atoms with Gasteiger partial charge in [0, 0.05) is 6.54 Å². The van der Waals surface area contributed by atoms with Crippen LogP contribution < -0.4 is 10.5 Å². The lowest BCUT2D eigenvalue weighted by molar-refractivity contribution is -0.136. The van der Waals surface area contributed by atoms with Gasteiger partial charge in [0.05, 0.1) is 18.1 Å². The first kappa shape index (κ1) is 15.1. The number of aliphatic hydroxyl groups excluding tert-OH is 1. The Bertz CT molecular complexity index is 460. The molecule has 104 valence electrons. The van der Waals surface area contributed by atoms with Crippen molar-refractivity contribution in [3.05, 3.63) is 29.8 Å². The van der Waals surface area contributed by atoms with Crippen LogP contribution in [0.3, 0.4) is 0 Å². The Kier molecular flexibility index (Phi) is 5.47. The average Bonchev–Trinajstić information content (AvgIpc) is 2.27. The maximum atomic E-state index is 11.6. The van der Waals surface area contributed by atoms with E-state index in [4.69, 9.17) is 10.5 Å². The van der Waals surface area contributed by atoms with E-state index in [0.717, 1.165) is 0 Å². The molecule has 0 spiro atoms. The highest BCUT2D eigenvalue weighted by atomic mass is 16.5. The lowest BCUT2D eigenvalue weighted by Gasteiger charge is -2.15. The number of likely N-dealkylation sites (N-methyl/N-ethyl adjacent to an activating group) is 1. The fourth-order valence-corrected chi connectivity index (χ4v) is 1.60. The normalized spacial score (nSPS) is 12.2. The van der Waals surface area contributed by atoms with Gasteiger partial charge < -0.3 is 20.5 Å². The number of primary amides is 1. The second-order valence-electron chi connectivity index (χ2n) is 4.45. The summed E-state index contributed by atoms with van der Waals surface area (Å²) in [5, 5.41) is 9.61. The number of ether oxygens (including phenoxy) is 1. The molecule has 0 saturated heterocycles. The van der Waals surface area contributed by atoms with Gasteiger partial charge in [-0.25, -0.2) is 0 Å². The van der Waals surface area contributed by atoms with Gasteiger partial charge in [-0.05, 0) is 26.2 Å². The number of esters is 1. The van der Waals surface area contributed by atoms with Crippen molar-refractivity contribution in [2.45, 2.75) is 12.5 Å². The number of aliphatic hydroxyl groups is 1. The Balaban J connectivity index is 2.65. The fraction of sp³-hybridized carbons (Fsp3) is 0.385. The summed E-state index contributed by atoms with van der Waals surface area (Å²) in [6.07, 6.45) is -0.964. The molecule has 1 rings (SSSR count). The SMILES string of the molecule is CN(C)CC(O)CC(=O)Oc1ccccc1C(N)=O. The molecule has 0 fully saturated rings. The Morgan fingerprint density at radius 3 is 2.58 bits per heavy atom. The zero-order chi connectivity index (χ0) is 14.4. The van der Waals surface area contributed by atoms with E-state index in [1.807, 2.05) is 0 Å². The van der Waals surface area contributed by atoms with Crippen molar-refractivity contribution >= 4 is 11.9 Å². The topological polar surface area (TPSA) is 92.9 Å². The Hall–Kier alpha value is -1.92. The number of nitrogens with two attached hydrogens (primary N) is 1. The van der Waals surface area contributed by atoms with Crippen LogP contribution in [0.5, 0.6) is 5.75 Å². The van der Waals surface area contributed by atoms with Crippen molar-refractivity contribution in [3.8, 4) is 5.75 Å². The highest BCUT2D eigenvalue weighted by Crippen LogP contribution is 2.18. The second-order valence-corrected chi connectivity index (χ2v) is 4.45. The third-order valence-corrected chi connectivity index (χ3v) is 2.35. The summed E-state index contributed by atoms with van der Waals surface area (Å²) in [6.45, 7) is 0.354. The summed E-state index contributed by atoms with van der Waals surface area (Å²) in [5.41, 5.74) is 5.31. The predicted octanol–water partition coefficient (Wildman–Crippen LogP) is 0.00350. The minimum atomic E-state index is -0.816. The number of carbonyl (C=O) groups is 2. The van der Waals surface area contributed by atoms with Crippen molar-refractivity contribution in [2.24, 2.45) is 5.73 Å². The molecule has 1 atom stereocenters. The summed E-state index contributed by atoms with van der Waals surface area (Å²) in [5.74, 6) is -1.17. The average molecular weight is 266 g/mol. The van der Waals surface area contributed by atoms with Gasteiger partial charge >= 0.3 is 5.97 Å². The number of rotatable bonds is 6. The molecule has 3 N–H and O–H groups in total. The first-order valence-corrected chi connectivity index (χ1v) is 5.82. The van der Waals surface area contributed by atoms with Crippen LogP contribution >= 0.6 is 0 Å². The fourth-order valence-electron chi connectivity index (χ4n) is 1.60. The Morgan fingerprint density at radius 2 is 2.00 bits per heavy atom. The molecule has 0 heterocycles. The van der Waals surface area contributed by atoms with E-state index >= 15 is 0 Å². The highest BCUT2D eigenvalue weighted by Gasteiger charge is 2.16. The van der Waals surface area contributed by atoms with Crippen molar-refractivity contribution < 1.29 is 19.4 Å². The first-order valence-electron chi connectivity index (χ1n) is 5.82. The molecule has 0 aliphatic rings. The highest BCUT2D eigenvalue weighted by molar-refractivity contribution is 5.96. The van der Waals surface area contributed by atoms with Gasteiger partial charge in [0.1, 0.15) is 5.75 Å². The molecule has 6 nitrogen and oxygen atoms in total. The van der Waals surface area contributed by atoms with Crippen molar-refractivity contribution in [2.75, 3.05) is 20.6 Å². The van der Waals surface area contributed by atoms with Gasteiger partial charge in [-0.15, -0.1) is 0 Å². The van der Waals surface area contributed by atoms with Crippen LogP contribution in [0.1, 0.15) is 16.8 Å². The molecule has 19 heavy (non-hydrogen) atoms. The van der Waals surface area contributed by atoms with E-state index in [1.54, 1.807) is 31.1 Å². The van der Waals surface area contributed by atoms with Crippen LogP contribution in [0, 0.1) is 0 Å². The number of carbonyl (C=O) groups excluding carboxylic acids is 2. The number of nitrogens with zero attached hydrogens (tertiary/aromatic N) is 1. The van der Waals surface area contributed by atoms with E-state index in [0.29, 0.717) is 6.54 Å². The lowest BCUT2D eigenvalue weighted by Crippen LogP contribution is -2.29. The van der Waals surface area contributed by atoms with Gasteiger partial charge in [0.25, 0.3) is 5.91 Å². The van der Waals surface area contributed by atoms with E-state index in [1.165, 1.54) is 12.1 Å². The largest absolute Gasteiger partial charge is 0.426 e. The van der Waals surface area contributed by atoms with Gasteiger partial charge in [0.2, 0.25) is 0 Å². The zero-order valence-electron chi connectivity index (χ0n) is 11.0. The molecule has 1 unspecified atom stereocenters. The van der Waals surface area contributed by atoms with Gasteiger partial charge in [0.15, 0.2) is 0 Å². The summed E-state index contributed by atoms with van der Waals surface area (Å²) >= 11 is 0. The predicted molar refractivity (Wildman–Crippen MR) is 69.8 cm³/mol. The van der Waals surface area contributed by atoms with E-state index in [9.17, 15) is 14.7 Å². The number of hydrogen-bond donors (Lipinski definition) is 2. The molecule has 0 aliphatic carbocycles. The van der Waals surface area contributed by atoms with Crippen molar-refractivity contribution in [1.29, 1.82) is 0 Å². The summed E-state index contributed by atoms with van der Waals surface area (Å²) in [7, 11) is 3.58. The van der Waals surface area contributed by atoms with Crippen LogP contribution in [-0.4, -0.2) is 48.6 Å². The Labute approximate surface area is 111 Å². The van der Waals surface area contributed by atoms with E-state index in [-0.39, 0.29) is 17.7 Å². The maximum Gasteiger partial charge on any atom is 0.313 e. The minimum absolute atomic E-state index is 0.108. The van der Waals surface area contributed by atoms with Crippen molar-refractivity contribution in [3.63, 3.8) is 0 Å². The summed E-state index contributed by atoms with van der Waals surface area (Å²) in [4.78, 5) is 24.5. The molecule has 6 heteroatoms. The monoisotopic (exact) mass is 266 g/mol. The van der Waals surface area contributed by atoms with E-state index in [2.05, 4.69) is 0 Å². The number of benzene rings is 1. The molecule has 0 aromatic heterocycles. The molecule has 0 radical (unpaired) electrons. The number of para-hydroxylation sites is 1. The maximum absolute atomic E-state index is 11.6. The molecular formula is C13H18N2O4. The molecule has 1 aromatic rings. The third kappa shape index (κ3) is 5.07. The van der Waals surface area contributed by atoms with E-state index < -0.39 is 18.0 Å². The number of hydrogen-bond acceptors (Lipinski definition) is 5. The third-order valence-electron chi connectivity index (χ3n) is 2.35. The second kappa shape index (κ2) is 6.86. The molecule has 0 bridgehead atoms. The molecule has 1 aromatic carbocycles. The number of amides is 1. The van der Waals surface area contributed by atoms with Gasteiger partial charge in [-0.1, -0.05) is 12.1 Å². The van der Waals surface area contributed by atoms with Crippen molar-refractivity contribution in [1.82, 2.24) is 4.90 Å². The molecule has 0 aliphatic heterocycles. The van der Waals surface area contributed by atoms with Crippen LogP contribution in [0.25, 0.3) is 0 Å². The van der Waals surface area contributed by atoms with Crippen LogP contribution in [0.2, 0.25) is 0 Å². The Morgan fingerprint density at radius 1 is 1.37 bits per heavy atom. The minimum Gasteiger partial charge on any atom is -0.426 e. The van der Waals surface area contributed by atoms with Crippen LogP contribution in [-0.2, 0) is 4.79 Å². The van der Waals surface area contributed by atoms with Gasteiger partial charge in [-0.2, -0.15) is 0 Å². The van der Waals surface area contributed by atoms with Gasteiger partial charge in [-0.3, -0.25) is 9.59 Å². The smallest absolute Gasteiger partial charge is 0.313 e. The van der Waals surface area contributed by atoms with Crippen LogP contribution in [0.15, 0.2) is 24.3 Å². The zero-order valence-corrected chi connectivity index (χ0v) is 11.0. The lowest BCUT2D eigenvalue weighted by atomic mass is 10.2. The molecule has 1 amide bonds. The summed E-state index contributed by atoms with van der Waals surface area (Å²) < 4.78 is 5.04. The first-order chi connectivity index (χ1) is 8.90. The molecule has 0 saturated carbocycles. The standard InChI is InChI=1S/C13H18N2O4/c1-15(2)8-9(16)7-12(17)19-11-6-4-3-5-10(11)13(14)18/h3-6,9,16H,7-8H2,1-2H3,(H2,14,18). The van der Waals surface area contributed by atoms with Crippen LogP contribution in [0.4, 0.5) is 0 Å². The summed E-state index contributed by atoms with van der Waals surface area (Å²) in [6, 6.07) is 6.21. The molecular weight excluding hydrogens is 248 g/mol. The quantitative estimate of drug-likeness (QED) is 0.558.